The molecule has 0 bridgehead atoms. The van der Waals surface area contributed by atoms with E-state index in [4.69, 9.17) is 9.84 Å². The molecule has 2 unspecified atom stereocenters. The lowest BCUT2D eigenvalue weighted by Crippen LogP contribution is -2.43. The number of carbonyl (C=O) groups is 2. The lowest BCUT2D eigenvalue weighted by Gasteiger charge is -2.27. The van der Waals surface area contributed by atoms with Gasteiger partial charge in [0, 0.05) is 6.07 Å². The maximum absolute atomic E-state index is 11.7. The van der Waals surface area contributed by atoms with E-state index in [9.17, 15) is 23.5 Å². The molecule has 3 rings (SSSR count). The molecule has 3 N–H and O–H groups in total. The number of hydrogen-bond acceptors (Lipinski definition) is 5. The summed E-state index contributed by atoms with van der Waals surface area (Å²) in [6, 6.07) is 10.1. The fraction of sp³-hybridized carbons (Fsp3) is 0.125. The predicted molar refractivity (Wildman–Crippen MR) is 94.0 cm³/mol. The van der Waals surface area contributed by atoms with Crippen LogP contribution in [-0.2, 0) is 20.9 Å². The van der Waals surface area contributed by atoms with Gasteiger partial charge in [0.05, 0.1) is 21.9 Å². The number of benzene rings is 2. The number of carboxylic acids is 2. The number of nitrogens with zero attached hydrogens (tertiary/aromatic N) is 1. The van der Waals surface area contributed by atoms with E-state index in [-0.39, 0.29) is 5.69 Å². The first-order valence-electron chi connectivity index (χ1n) is 7.30. The van der Waals surface area contributed by atoms with Crippen molar-refractivity contribution in [3.05, 3.63) is 42.5 Å². The minimum atomic E-state index is -2.74. The fourth-order valence-electron chi connectivity index (χ4n) is 2.47. The van der Waals surface area contributed by atoms with Crippen molar-refractivity contribution in [3.63, 3.8) is 0 Å². The van der Waals surface area contributed by atoms with Gasteiger partial charge in [0.25, 0.3) is 11.3 Å². The first-order valence-corrected chi connectivity index (χ1v) is 9.18. The lowest BCUT2D eigenvalue weighted by molar-refractivity contribution is -0.144. The highest BCUT2D eigenvalue weighted by Gasteiger charge is 2.33. The van der Waals surface area contributed by atoms with Crippen molar-refractivity contribution >= 4 is 40.7 Å². The molecule has 0 saturated heterocycles. The van der Waals surface area contributed by atoms with Crippen LogP contribution in [0.5, 0.6) is 11.5 Å². The van der Waals surface area contributed by atoms with E-state index < -0.39 is 35.7 Å². The second kappa shape index (κ2) is 7.36. The highest BCUT2D eigenvalue weighted by atomic mass is 32.2. The minimum absolute atomic E-state index is 0.0678. The van der Waals surface area contributed by atoms with E-state index in [0.29, 0.717) is 15.8 Å². The van der Waals surface area contributed by atoms with Crippen LogP contribution >= 0.6 is 11.8 Å². The Labute approximate surface area is 154 Å². The number of fused-ring (bicyclic) bond motifs is 2. The van der Waals surface area contributed by atoms with Crippen molar-refractivity contribution in [2.45, 2.75) is 22.3 Å². The van der Waals surface area contributed by atoms with Crippen LogP contribution in [0.3, 0.4) is 0 Å². The molecule has 1 aliphatic heterocycles. The average molecular weight is 395 g/mol. The molecule has 0 aliphatic carbocycles. The predicted octanol–water partition coefficient (Wildman–Crippen LogP) is 2.81. The summed E-state index contributed by atoms with van der Waals surface area (Å²) in [5.41, 5.74) is 0.0678. The van der Waals surface area contributed by atoms with Crippen molar-refractivity contribution in [2.75, 3.05) is 4.31 Å². The van der Waals surface area contributed by atoms with E-state index in [1.807, 2.05) is 12.1 Å². The molecule has 10 heteroatoms. The van der Waals surface area contributed by atoms with Crippen molar-refractivity contribution < 1.29 is 33.3 Å². The minimum Gasteiger partial charge on any atom is -0.481 e. The number of aliphatic carboxylic acids is 2. The Morgan fingerprint density at radius 2 is 1.81 bits per heavy atom. The number of ether oxygens (including phenoxy) is 1. The van der Waals surface area contributed by atoms with Crippen LogP contribution in [-0.4, -0.2) is 37.0 Å². The van der Waals surface area contributed by atoms with Gasteiger partial charge in [0.2, 0.25) is 0 Å². The smallest absolute Gasteiger partial charge is 0.328 e. The van der Waals surface area contributed by atoms with E-state index in [2.05, 4.69) is 0 Å². The normalized spacial score (nSPS) is 14.3. The molecular weight excluding hydrogens is 382 g/mol. The first kappa shape index (κ1) is 18.2. The quantitative estimate of drug-likeness (QED) is 0.544. The molecule has 8 nitrogen and oxygen atoms in total. The average Bonchev–Trinajstić information content (AvgIpc) is 2.58. The third-order valence-corrected chi connectivity index (χ3v) is 5.49. The summed E-state index contributed by atoms with van der Waals surface area (Å²) >= 11 is -1.30. The Kier molecular flexibility index (Phi) is 5.16. The van der Waals surface area contributed by atoms with Crippen LogP contribution in [0, 0.1) is 0 Å². The van der Waals surface area contributed by atoms with Gasteiger partial charge in [-0.1, -0.05) is 23.9 Å². The molecule has 136 valence electrons. The van der Waals surface area contributed by atoms with Crippen molar-refractivity contribution in [1.82, 2.24) is 0 Å². The third-order valence-electron chi connectivity index (χ3n) is 3.58. The molecule has 2 aromatic rings. The zero-order valence-corrected chi connectivity index (χ0v) is 14.7. The van der Waals surface area contributed by atoms with Gasteiger partial charge < -0.3 is 14.9 Å². The molecule has 0 fully saturated rings. The molecule has 1 heterocycles. The van der Waals surface area contributed by atoms with Crippen molar-refractivity contribution in [3.8, 4) is 11.5 Å². The van der Waals surface area contributed by atoms with Crippen LogP contribution in [0.2, 0.25) is 0 Å². The van der Waals surface area contributed by atoms with Crippen LogP contribution in [0.25, 0.3) is 0 Å². The number of carboxylic acid groups (broad SMARTS) is 2. The topological polar surface area (TPSA) is 124 Å². The Bertz CT molecular complexity index is 902. The maximum Gasteiger partial charge on any atom is 0.328 e. The van der Waals surface area contributed by atoms with Gasteiger partial charge in [-0.25, -0.2) is 9.00 Å². The summed E-state index contributed by atoms with van der Waals surface area (Å²) in [6.07, 6.45) is -0.836. The van der Waals surface area contributed by atoms with Gasteiger partial charge in [-0.05, 0) is 24.3 Å². The summed E-state index contributed by atoms with van der Waals surface area (Å²) in [4.78, 5) is 24.0. The van der Waals surface area contributed by atoms with Gasteiger partial charge in [-0.2, -0.15) is 0 Å². The first-order chi connectivity index (χ1) is 12.4. The zero-order chi connectivity index (χ0) is 18.8. The summed E-state index contributed by atoms with van der Waals surface area (Å²) in [5.74, 6) is -1.92. The molecule has 0 aromatic heterocycles. The van der Waals surface area contributed by atoms with Gasteiger partial charge in [0.15, 0.2) is 6.04 Å². The van der Waals surface area contributed by atoms with Gasteiger partial charge >= 0.3 is 11.9 Å². The van der Waals surface area contributed by atoms with E-state index in [1.54, 1.807) is 18.2 Å². The molecule has 2 aromatic carbocycles. The van der Waals surface area contributed by atoms with Crippen molar-refractivity contribution in [2.24, 2.45) is 0 Å². The lowest BCUT2D eigenvalue weighted by atomic mass is 10.2. The highest BCUT2D eigenvalue weighted by Crippen LogP contribution is 2.48. The van der Waals surface area contributed by atoms with Crippen LogP contribution in [0.15, 0.2) is 52.3 Å². The summed E-state index contributed by atoms with van der Waals surface area (Å²) in [6.45, 7) is 0. The summed E-state index contributed by atoms with van der Waals surface area (Å²) in [7, 11) is 0. The highest BCUT2D eigenvalue weighted by molar-refractivity contribution is 7.99. The Balaban J connectivity index is 1.98. The maximum atomic E-state index is 11.7. The number of rotatable bonds is 6. The van der Waals surface area contributed by atoms with Crippen molar-refractivity contribution in [1.29, 1.82) is 0 Å². The second-order valence-electron chi connectivity index (χ2n) is 5.29. The monoisotopic (exact) mass is 395 g/mol. The molecule has 0 radical (unpaired) electrons. The Morgan fingerprint density at radius 3 is 2.46 bits per heavy atom. The molecule has 0 saturated carbocycles. The summed E-state index contributed by atoms with van der Waals surface area (Å²) < 4.78 is 27.7. The zero-order valence-electron chi connectivity index (χ0n) is 13.1. The summed E-state index contributed by atoms with van der Waals surface area (Å²) in [5, 5.41) is 18.2. The fourth-order valence-corrected chi connectivity index (χ4v) is 4.08. The standard InChI is InChI=1S/C16H13NO7S2/c18-15(19)8-10(16(20)21)17(26(22)23)9-5-6-14-12(7-9)24-11-3-1-2-4-13(11)25-14/h1-7,10H,8H2,(H,18,19)(H,20,21)(H,22,23). The number of hydrogen-bond donors (Lipinski definition) is 3. The number of anilines is 1. The van der Waals surface area contributed by atoms with Gasteiger partial charge in [-0.3, -0.25) is 13.7 Å². The Morgan fingerprint density at radius 1 is 1.12 bits per heavy atom. The van der Waals surface area contributed by atoms with Crippen LogP contribution < -0.4 is 9.04 Å². The van der Waals surface area contributed by atoms with Crippen LogP contribution in [0.4, 0.5) is 5.69 Å². The molecule has 1 aliphatic rings. The second-order valence-corrected chi connectivity index (χ2v) is 7.23. The van der Waals surface area contributed by atoms with E-state index in [1.165, 1.54) is 23.9 Å². The molecule has 0 spiro atoms. The molecule has 0 amide bonds. The van der Waals surface area contributed by atoms with Gasteiger partial charge in [0.1, 0.15) is 11.5 Å². The number of para-hydroxylation sites is 1. The van der Waals surface area contributed by atoms with Gasteiger partial charge in [-0.15, -0.1) is 0 Å². The van der Waals surface area contributed by atoms with E-state index >= 15 is 0 Å². The Hall–Kier alpha value is -2.56. The van der Waals surface area contributed by atoms with Crippen LogP contribution in [0.1, 0.15) is 6.42 Å². The molecule has 26 heavy (non-hydrogen) atoms. The third kappa shape index (κ3) is 3.66. The largest absolute Gasteiger partial charge is 0.481 e. The molecule has 2 atom stereocenters. The van der Waals surface area contributed by atoms with E-state index in [0.717, 1.165) is 9.79 Å². The SMILES string of the molecule is O=C(O)CC(C(=O)O)N(c1ccc2c(c1)Oc1ccccc1S2)S(=O)O. The molecular formula is C16H13NO7S2.